The molecule has 0 heterocycles. The molecule has 7 heteroatoms. The third-order valence-corrected chi connectivity index (χ3v) is 2.97. The van der Waals surface area contributed by atoms with Crippen LogP contribution in [-0.2, 0) is 6.18 Å². The van der Waals surface area contributed by atoms with Gasteiger partial charge in [-0.25, -0.2) is 4.39 Å². The van der Waals surface area contributed by atoms with Crippen molar-refractivity contribution >= 4 is 23.2 Å². The summed E-state index contributed by atoms with van der Waals surface area (Å²) in [6.07, 6.45) is -4.46. The summed E-state index contributed by atoms with van der Waals surface area (Å²) in [6, 6.07) is 7.54. The number of rotatable bonds is 2. The minimum Gasteiger partial charge on any atom is -0.322 e. The molecule has 0 aliphatic carbocycles. The van der Waals surface area contributed by atoms with Crippen LogP contribution >= 0.6 is 11.6 Å². The molecule has 2 aromatic carbocycles. The molecule has 0 fully saturated rings. The van der Waals surface area contributed by atoms with E-state index in [0.717, 1.165) is 30.3 Å². The van der Waals surface area contributed by atoms with E-state index in [4.69, 9.17) is 11.6 Å². The summed E-state index contributed by atoms with van der Waals surface area (Å²) in [7, 11) is 0. The van der Waals surface area contributed by atoms with Gasteiger partial charge in [-0.3, -0.25) is 4.79 Å². The third kappa shape index (κ3) is 3.52. The molecule has 2 nitrogen and oxygen atoms in total. The highest BCUT2D eigenvalue weighted by Gasteiger charge is 2.30. The van der Waals surface area contributed by atoms with Crippen LogP contribution in [0.1, 0.15) is 15.9 Å². The Bertz CT molecular complexity index is 647. The molecule has 1 N–H and O–H groups in total. The standard InChI is InChI=1S/C14H8ClF4NO/c15-10-2-1-3-11(16)12(10)13(21)20-9-6-4-8(5-7-9)14(17,18)19/h1-7H,(H,20,21). The van der Waals surface area contributed by atoms with Crippen molar-refractivity contribution in [2.24, 2.45) is 0 Å². The molecule has 2 aromatic rings. The van der Waals surface area contributed by atoms with Gasteiger partial charge >= 0.3 is 6.18 Å². The fraction of sp³-hybridized carbons (Fsp3) is 0.0714. The van der Waals surface area contributed by atoms with Crippen molar-refractivity contribution in [3.8, 4) is 0 Å². The Kier molecular flexibility index (Phi) is 4.18. The van der Waals surface area contributed by atoms with E-state index >= 15 is 0 Å². The summed E-state index contributed by atoms with van der Waals surface area (Å²) in [6.45, 7) is 0. The second-order valence-electron chi connectivity index (χ2n) is 4.13. The molecule has 2 rings (SSSR count). The minimum atomic E-state index is -4.46. The molecule has 0 aliphatic rings. The fourth-order valence-electron chi connectivity index (χ4n) is 1.65. The molecule has 21 heavy (non-hydrogen) atoms. The van der Waals surface area contributed by atoms with Gasteiger partial charge in [-0.1, -0.05) is 17.7 Å². The van der Waals surface area contributed by atoms with Crippen molar-refractivity contribution in [3.05, 3.63) is 64.4 Å². The smallest absolute Gasteiger partial charge is 0.322 e. The van der Waals surface area contributed by atoms with Gasteiger partial charge < -0.3 is 5.32 Å². The number of amides is 1. The van der Waals surface area contributed by atoms with Gasteiger partial charge in [-0.2, -0.15) is 13.2 Å². The number of carbonyl (C=O) groups is 1. The van der Waals surface area contributed by atoms with Gasteiger partial charge in [0.1, 0.15) is 5.82 Å². The van der Waals surface area contributed by atoms with Crippen molar-refractivity contribution in [1.29, 1.82) is 0 Å². The van der Waals surface area contributed by atoms with Crippen LogP contribution in [0.5, 0.6) is 0 Å². The number of benzene rings is 2. The third-order valence-electron chi connectivity index (χ3n) is 2.66. The molecule has 0 bridgehead atoms. The average molecular weight is 318 g/mol. The Hall–Kier alpha value is -2.08. The van der Waals surface area contributed by atoms with Crippen LogP contribution in [0.4, 0.5) is 23.2 Å². The zero-order valence-corrected chi connectivity index (χ0v) is 11.1. The van der Waals surface area contributed by atoms with Crippen LogP contribution in [0.3, 0.4) is 0 Å². The van der Waals surface area contributed by atoms with E-state index in [9.17, 15) is 22.4 Å². The van der Waals surface area contributed by atoms with Crippen molar-refractivity contribution in [3.63, 3.8) is 0 Å². The monoisotopic (exact) mass is 317 g/mol. The maximum absolute atomic E-state index is 13.5. The van der Waals surface area contributed by atoms with Gasteiger partial charge in [0.05, 0.1) is 16.1 Å². The topological polar surface area (TPSA) is 29.1 Å². The molecule has 0 aromatic heterocycles. The first-order chi connectivity index (χ1) is 9.79. The largest absolute Gasteiger partial charge is 0.416 e. The highest BCUT2D eigenvalue weighted by molar-refractivity contribution is 6.34. The molecule has 0 atom stereocenters. The van der Waals surface area contributed by atoms with Crippen LogP contribution in [0, 0.1) is 5.82 Å². The van der Waals surface area contributed by atoms with Crippen molar-refractivity contribution in [1.82, 2.24) is 0 Å². The number of hydrogen-bond donors (Lipinski definition) is 1. The van der Waals surface area contributed by atoms with Crippen molar-refractivity contribution in [2.75, 3.05) is 5.32 Å². The predicted octanol–water partition coefficient (Wildman–Crippen LogP) is 4.75. The van der Waals surface area contributed by atoms with Crippen molar-refractivity contribution < 1.29 is 22.4 Å². The number of nitrogens with one attached hydrogen (secondary N) is 1. The highest BCUT2D eigenvalue weighted by atomic mass is 35.5. The van der Waals surface area contributed by atoms with Crippen molar-refractivity contribution in [2.45, 2.75) is 6.18 Å². The Balaban J connectivity index is 2.21. The number of anilines is 1. The summed E-state index contributed by atoms with van der Waals surface area (Å²) in [5, 5.41) is 2.20. The normalized spacial score (nSPS) is 11.3. The zero-order chi connectivity index (χ0) is 15.6. The molecule has 0 aliphatic heterocycles. The predicted molar refractivity (Wildman–Crippen MR) is 70.8 cm³/mol. The lowest BCUT2D eigenvalue weighted by Crippen LogP contribution is -2.14. The van der Waals surface area contributed by atoms with E-state index < -0.39 is 23.5 Å². The van der Waals surface area contributed by atoms with Gasteiger partial charge in [-0.15, -0.1) is 0 Å². The second kappa shape index (κ2) is 5.73. The summed E-state index contributed by atoms with van der Waals surface area (Å²) >= 11 is 5.73. The maximum Gasteiger partial charge on any atom is 0.416 e. The number of halogens is 5. The first-order valence-corrected chi connectivity index (χ1v) is 6.09. The van der Waals surface area contributed by atoms with Gasteiger partial charge in [0, 0.05) is 5.69 Å². The SMILES string of the molecule is O=C(Nc1ccc(C(F)(F)F)cc1)c1c(F)cccc1Cl. The molecule has 0 radical (unpaired) electrons. The first kappa shape index (κ1) is 15.3. The maximum atomic E-state index is 13.5. The lowest BCUT2D eigenvalue weighted by atomic mass is 10.1. The molecule has 0 spiro atoms. The quantitative estimate of drug-likeness (QED) is 0.796. The Morgan fingerprint density at radius 3 is 2.19 bits per heavy atom. The van der Waals surface area contributed by atoms with E-state index in [1.165, 1.54) is 12.1 Å². The van der Waals surface area contributed by atoms with Gasteiger partial charge in [0.2, 0.25) is 0 Å². The van der Waals surface area contributed by atoms with E-state index in [1.54, 1.807) is 0 Å². The Morgan fingerprint density at radius 2 is 1.67 bits per heavy atom. The molecule has 110 valence electrons. The summed E-state index contributed by atoms with van der Waals surface area (Å²) in [5.74, 6) is -1.65. The van der Waals surface area contributed by atoms with Crippen LogP contribution in [0.2, 0.25) is 5.02 Å². The Morgan fingerprint density at radius 1 is 1.05 bits per heavy atom. The molecular formula is C14H8ClF4NO. The van der Waals surface area contributed by atoms with E-state index in [2.05, 4.69) is 5.32 Å². The molecule has 0 unspecified atom stereocenters. The lowest BCUT2D eigenvalue weighted by molar-refractivity contribution is -0.137. The summed E-state index contributed by atoms with van der Waals surface area (Å²) in [5.41, 5.74) is -1.10. The molecular weight excluding hydrogens is 310 g/mol. The van der Waals surface area contributed by atoms with E-state index in [0.29, 0.717) is 0 Å². The van der Waals surface area contributed by atoms with Gasteiger partial charge in [-0.05, 0) is 36.4 Å². The van der Waals surface area contributed by atoms with Crippen LogP contribution < -0.4 is 5.32 Å². The zero-order valence-electron chi connectivity index (χ0n) is 10.3. The first-order valence-electron chi connectivity index (χ1n) is 5.71. The minimum absolute atomic E-state index is 0.0839. The number of hydrogen-bond acceptors (Lipinski definition) is 1. The van der Waals surface area contributed by atoms with Gasteiger partial charge in [0.25, 0.3) is 5.91 Å². The highest BCUT2D eigenvalue weighted by Crippen LogP contribution is 2.30. The van der Waals surface area contributed by atoms with Crippen LogP contribution in [0.15, 0.2) is 42.5 Å². The van der Waals surface area contributed by atoms with E-state index in [1.807, 2.05) is 0 Å². The summed E-state index contributed by atoms with van der Waals surface area (Å²) in [4.78, 5) is 11.9. The Labute approximate surface area is 122 Å². The van der Waals surface area contributed by atoms with Crippen LogP contribution in [-0.4, -0.2) is 5.91 Å². The lowest BCUT2D eigenvalue weighted by Gasteiger charge is -2.10. The molecule has 0 saturated carbocycles. The molecule has 1 amide bonds. The van der Waals surface area contributed by atoms with Crippen LogP contribution in [0.25, 0.3) is 0 Å². The second-order valence-corrected chi connectivity index (χ2v) is 4.53. The number of carbonyl (C=O) groups excluding carboxylic acids is 1. The van der Waals surface area contributed by atoms with Gasteiger partial charge in [0.15, 0.2) is 0 Å². The molecule has 0 saturated heterocycles. The fourth-order valence-corrected chi connectivity index (χ4v) is 1.90. The van der Waals surface area contributed by atoms with E-state index in [-0.39, 0.29) is 16.3 Å². The number of alkyl halides is 3. The summed E-state index contributed by atoms with van der Waals surface area (Å²) < 4.78 is 50.7. The average Bonchev–Trinajstić information content (AvgIpc) is 2.38.